The quantitative estimate of drug-likeness (QED) is 0.852. The molecule has 0 unspecified atom stereocenters. The SMILES string of the molecule is O=C(Nc1cccc(S(=O)(=O)Cl)c1)Nc1nccs1. The molecule has 2 N–H and O–H groups in total. The summed E-state index contributed by atoms with van der Waals surface area (Å²) in [5.74, 6) is 0. The number of aromatic nitrogens is 1. The Labute approximate surface area is 117 Å². The van der Waals surface area contributed by atoms with Gasteiger partial charge in [0.25, 0.3) is 9.05 Å². The van der Waals surface area contributed by atoms with Crippen LogP contribution in [0.2, 0.25) is 0 Å². The maximum Gasteiger partial charge on any atom is 0.325 e. The number of nitrogens with one attached hydrogen (secondary N) is 2. The summed E-state index contributed by atoms with van der Waals surface area (Å²) in [6, 6.07) is 5.12. The third-order valence-electron chi connectivity index (χ3n) is 2.03. The van der Waals surface area contributed by atoms with E-state index in [1.165, 1.54) is 29.5 Å². The molecule has 6 nitrogen and oxygen atoms in total. The molecule has 0 bridgehead atoms. The van der Waals surface area contributed by atoms with E-state index >= 15 is 0 Å². The number of thiazole rings is 1. The molecule has 0 aliphatic rings. The zero-order valence-electron chi connectivity index (χ0n) is 9.33. The molecule has 0 spiro atoms. The smallest absolute Gasteiger partial charge is 0.308 e. The van der Waals surface area contributed by atoms with Crippen molar-refractivity contribution in [1.29, 1.82) is 0 Å². The molecule has 0 saturated carbocycles. The van der Waals surface area contributed by atoms with E-state index in [1.54, 1.807) is 17.6 Å². The van der Waals surface area contributed by atoms with E-state index in [-0.39, 0.29) is 4.90 Å². The summed E-state index contributed by atoms with van der Waals surface area (Å²) in [5, 5.41) is 7.15. The maximum atomic E-state index is 11.6. The molecule has 0 aliphatic heterocycles. The number of hydrogen-bond acceptors (Lipinski definition) is 5. The van der Waals surface area contributed by atoms with Gasteiger partial charge in [0.1, 0.15) is 0 Å². The van der Waals surface area contributed by atoms with Gasteiger partial charge in [0, 0.05) is 27.9 Å². The van der Waals surface area contributed by atoms with Crippen LogP contribution in [-0.4, -0.2) is 19.4 Å². The third-order valence-corrected chi connectivity index (χ3v) is 4.07. The van der Waals surface area contributed by atoms with E-state index in [0.29, 0.717) is 10.8 Å². The fourth-order valence-corrected chi connectivity index (χ4v) is 2.59. The lowest BCUT2D eigenvalue weighted by molar-refractivity contribution is 0.262. The van der Waals surface area contributed by atoms with Crippen LogP contribution in [0.1, 0.15) is 0 Å². The monoisotopic (exact) mass is 317 g/mol. The highest BCUT2D eigenvalue weighted by Gasteiger charge is 2.11. The highest BCUT2D eigenvalue weighted by atomic mass is 35.7. The first kappa shape index (κ1) is 13.8. The molecule has 0 atom stereocenters. The third kappa shape index (κ3) is 3.91. The van der Waals surface area contributed by atoms with Gasteiger partial charge in [-0.25, -0.2) is 18.2 Å². The van der Waals surface area contributed by atoms with E-state index in [4.69, 9.17) is 10.7 Å². The second kappa shape index (κ2) is 5.55. The van der Waals surface area contributed by atoms with Crippen molar-refractivity contribution in [2.45, 2.75) is 4.90 Å². The Hall–Kier alpha value is -1.64. The van der Waals surface area contributed by atoms with E-state index in [2.05, 4.69) is 15.6 Å². The summed E-state index contributed by atoms with van der Waals surface area (Å²) < 4.78 is 22.3. The number of benzene rings is 1. The van der Waals surface area contributed by atoms with Crippen LogP contribution in [0.25, 0.3) is 0 Å². The molecule has 0 saturated heterocycles. The number of amides is 2. The predicted molar refractivity (Wildman–Crippen MR) is 74.2 cm³/mol. The van der Waals surface area contributed by atoms with Crippen LogP contribution in [0, 0.1) is 0 Å². The Kier molecular flexibility index (Phi) is 4.03. The standard InChI is InChI=1S/C10H8ClN3O3S2/c11-19(16,17)8-3-1-2-7(6-8)13-9(15)14-10-12-4-5-18-10/h1-6H,(H2,12,13,14,15). The minimum absolute atomic E-state index is 0.0822. The van der Waals surface area contributed by atoms with Crippen LogP contribution < -0.4 is 10.6 Å². The summed E-state index contributed by atoms with van der Waals surface area (Å²) in [4.78, 5) is 15.4. The Bertz CT molecular complexity index is 686. The number of rotatable bonds is 3. The van der Waals surface area contributed by atoms with Crippen molar-refractivity contribution in [3.8, 4) is 0 Å². The first-order valence-corrected chi connectivity index (χ1v) is 8.16. The topological polar surface area (TPSA) is 88.2 Å². The van der Waals surface area contributed by atoms with Gasteiger partial charge in [0.2, 0.25) is 0 Å². The number of hydrogen-bond donors (Lipinski definition) is 2. The molecule has 1 aromatic heterocycles. The molecular formula is C10H8ClN3O3S2. The molecular weight excluding hydrogens is 310 g/mol. The highest BCUT2D eigenvalue weighted by Crippen LogP contribution is 2.19. The molecule has 2 rings (SSSR count). The van der Waals surface area contributed by atoms with Gasteiger partial charge in [-0.15, -0.1) is 11.3 Å². The largest absolute Gasteiger partial charge is 0.325 e. The number of carbonyl (C=O) groups is 1. The second-order valence-corrected chi connectivity index (χ2v) is 6.84. The van der Waals surface area contributed by atoms with Crippen molar-refractivity contribution >= 4 is 47.9 Å². The summed E-state index contributed by atoms with van der Waals surface area (Å²) in [6.07, 6.45) is 1.56. The molecule has 0 fully saturated rings. The van der Waals surface area contributed by atoms with Gasteiger partial charge in [-0.05, 0) is 18.2 Å². The lowest BCUT2D eigenvalue weighted by atomic mass is 10.3. The van der Waals surface area contributed by atoms with Crippen molar-refractivity contribution in [2.24, 2.45) is 0 Å². The van der Waals surface area contributed by atoms with Crippen LogP contribution in [0.15, 0.2) is 40.7 Å². The van der Waals surface area contributed by atoms with Crippen LogP contribution in [0.5, 0.6) is 0 Å². The molecule has 9 heteroatoms. The lowest BCUT2D eigenvalue weighted by Gasteiger charge is -2.06. The number of halogens is 1. The van der Waals surface area contributed by atoms with Crippen molar-refractivity contribution in [3.63, 3.8) is 0 Å². The molecule has 2 amide bonds. The van der Waals surface area contributed by atoms with Crippen molar-refractivity contribution < 1.29 is 13.2 Å². The molecule has 1 aromatic carbocycles. The maximum absolute atomic E-state index is 11.6. The number of carbonyl (C=O) groups excluding carboxylic acids is 1. The van der Waals surface area contributed by atoms with Crippen LogP contribution in [-0.2, 0) is 9.05 Å². The Morgan fingerprint density at radius 3 is 2.74 bits per heavy atom. The van der Waals surface area contributed by atoms with Gasteiger partial charge >= 0.3 is 6.03 Å². The van der Waals surface area contributed by atoms with Crippen LogP contribution in [0.4, 0.5) is 15.6 Å². The zero-order valence-corrected chi connectivity index (χ0v) is 11.7. The van der Waals surface area contributed by atoms with E-state index < -0.39 is 15.1 Å². The second-order valence-electron chi connectivity index (χ2n) is 3.38. The lowest BCUT2D eigenvalue weighted by Crippen LogP contribution is -2.19. The van der Waals surface area contributed by atoms with Gasteiger partial charge in [-0.1, -0.05) is 6.07 Å². The normalized spacial score (nSPS) is 11.0. The average Bonchev–Trinajstić information content (AvgIpc) is 2.80. The molecule has 2 aromatic rings. The first-order chi connectivity index (χ1) is 8.95. The highest BCUT2D eigenvalue weighted by molar-refractivity contribution is 8.13. The molecule has 100 valence electrons. The van der Waals surface area contributed by atoms with E-state index in [1.807, 2.05) is 0 Å². The van der Waals surface area contributed by atoms with Gasteiger partial charge in [0.05, 0.1) is 4.90 Å². The van der Waals surface area contributed by atoms with Gasteiger partial charge < -0.3 is 5.32 Å². The molecule has 0 radical (unpaired) electrons. The summed E-state index contributed by atoms with van der Waals surface area (Å²) in [7, 11) is 1.40. The summed E-state index contributed by atoms with van der Waals surface area (Å²) >= 11 is 1.27. The van der Waals surface area contributed by atoms with Crippen molar-refractivity contribution in [1.82, 2.24) is 4.98 Å². The van der Waals surface area contributed by atoms with E-state index in [0.717, 1.165) is 0 Å². The minimum Gasteiger partial charge on any atom is -0.308 e. The Morgan fingerprint density at radius 2 is 2.11 bits per heavy atom. The number of anilines is 2. The predicted octanol–water partition coefficient (Wildman–Crippen LogP) is 2.71. The van der Waals surface area contributed by atoms with Crippen LogP contribution >= 0.6 is 22.0 Å². The molecule has 1 heterocycles. The van der Waals surface area contributed by atoms with Gasteiger partial charge in [-0.2, -0.15) is 0 Å². The summed E-state index contributed by atoms with van der Waals surface area (Å²) in [5.41, 5.74) is 0.316. The first-order valence-electron chi connectivity index (χ1n) is 4.97. The number of nitrogens with zero attached hydrogens (tertiary/aromatic N) is 1. The number of urea groups is 1. The average molecular weight is 318 g/mol. The zero-order chi connectivity index (χ0) is 13.9. The van der Waals surface area contributed by atoms with Crippen molar-refractivity contribution in [3.05, 3.63) is 35.8 Å². The molecule has 19 heavy (non-hydrogen) atoms. The minimum atomic E-state index is -3.82. The molecule has 0 aliphatic carbocycles. The van der Waals surface area contributed by atoms with Crippen LogP contribution in [0.3, 0.4) is 0 Å². The van der Waals surface area contributed by atoms with Gasteiger partial charge in [-0.3, -0.25) is 5.32 Å². The Balaban J connectivity index is 2.09. The summed E-state index contributed by atoms with van der Waals surface area (Å²) in [6.45, 7) is 0. The van der Waals surface area contributed by atoms with Gasteiger partial charge in [0.15, 0.2) is 5.13 Å². The van der Waals surface area contributed by atoms with Crippen molar-refractivity contribution in [2.75, 3.05) is 10.6 Å². The fraction of sp³-hybridized carbons (Fsp3) is 0. The Morgan fingerprint density at radius 1 is 1.32 bits per heavy atom. The fourth-order valence-electron chi connectivity index (χ4n) is 1.27. The van der Waals surface area contributed by atoms with E-state index in [9.17, 15) is 13.2 Å².